The summed E-state index contributed by atoms with van der Waals surface area (Å²) in [6.07, 6.45) is 8.31. The van der Waals surface area contributed by atoms with Crippen molar-refractivity contribution in [2.75, 3.05) is 13.6 Å². The number of carbonyl (C=O) groups is 2. The maximum absolute atomic E-state index is 11.7. The number of terminal acetylenes is 1. The molecule has 1 aliphatic rings. The van der Waals surface area contributed by atoms with Crippen LogP contribution in [-0.2, 0) is 4.79 Å². The van der Waals surface area contributed by atoms with Crippen molar-refractivity contribution in [1.29, 1.82) is 0 Å². The molecule has 17 heavy (non-hydrogen) atoms. The third-order valence-electron chi connectivity index (χ3n) is 3.07. The SMILES string of the molecule is C#CCN(C)C(=O)NC1CCCCC1C(=O)O. The molecule has 5 heteroatoms. The van der Waals surface area contributed by atoms with Gasteiger partial charge >= 0.3 is 12.0 Å². The van der Waals surface area contributed by atoms with E-state index in [2.05, 4.69) is 11.2 Å². The van der Waals surface area contributed by atoms with E-state index in [0.29, 0.717) is 12.8 Å². The molecule has 0 aliphatic heterocycles. The van der Waals surface area contributed by atoms with Gasteiger partial charge < -0.3 is 15.3 Å². The van der Waals surface area contributed by atoms with Crippen LogP contribution in [0.25, 0.3) is 0 Å². The number of amides is 2. The lowest BCUT2D eigenvalue weighted by Crippen LogP contribution is -2.49. The molecular weight excluding hydrogens is 220 g/mol. The summed E-state index contributed by atoms with van der Waals surface area (Å²) in [5.74, 6) is 1.05. The summed E-state index contributed by atoms with van der Waals surface area (Å²) in [5.41, 5.74) is 0. The predicted octanol–water partition coefficient (Wildman–Crippen LogP) is 0.904. The Morgan fingerprint density at radius 2 is 2.12 bits per heavy atom. The van der Waals surface area contributed by atoms with E-state index in [1.807, 2.05) is 0 Å². The first-order chi connectivity index (χ1) is 8.06. The van der Waals surface area contributed by atoms with Gasteiger partial charge in [-0.05, 0) is 12.8 Å². The van der Waals surface area contributed by atoms with Crippen LogP contribution in [0.2, 0.25) is 0 Å². The quantitative estimate of drug-likeness (QED) is 0.718. The highest BCUT2D eigenvalue weighted by molar-refractivity contribution is 5.77. The summed E-state index contributed by atoms with van der Waals surface area (Å²) in [6, 6.07) is -0.588. The van der Waals surface area contributed by atoms with E-state index >= 15 is 0 Å². The molecule has 0 aromatic heterocycles. The van der Waals surface area contributed by atoms with Gasteiger partial charge in [-0.2, -0.15) is 0 Å². The van der Waals surface area contributed by atoms with Crippen molar-refractivity contribution >= 4 is 12.0 Å². The number of urea groups is 1. The van der Waals surface area contributed by atoms with Crippen LogP contribution in [0, 0.1) is 18.3 Å². The van der Waals surface area contributed by atoms with Crippen molar-refractivity contribution in [1.82, 2.24) is 10.2 Å². The second kappa shape index (κ2) is 6.14. The second-order valence-electron chi connectivity index (χ2n) is 4.35. The topological polar surface area (TPSA) is 69.6 Å². The molecule has 0 spiro atoms. The number of aliphatic carboxylic acids is 1. The van der Waals surface area contributed by atoms with Crippen LogP contribution in [0.4, 0.5) is 4.79 Å². The molecule has 1 aliphatic carbocycles. The maximum atomic E-state index is 11.7. The van der Waals surface area contributed by atoms with Gasteiger partial charge in [0.2, 0.25) is 0 Å². The van der Waals surface area contributed by atoms with Gasteiger partial charge in [0.25, 0.3) is 0 Å². The van der Waals surface area contributed by atoms with Gasteiger partial charge in [0.15, 0.2) is 0 Å². The molecular formula is C12H18N2O3. The molecule has 2 amide bonds. The molecule has 0 aromatic rings. The molecule has 2 unspecified atom stereocenters. The van der Waals surface area contributed by atoms with Gasteiger partial charge in [-0.1, -0.05) is 18.8 Å². The summed E-state index contributed by atoms with van der Waals surface area (Å²) in [5, 5.41) is 11.8. The molecule has 0 saturated heterocycles. The normalized spacial score (nSPS) is 23.5. The zero-order valence-electron chi connectivity index (χ0n) is 9.98. The molecule has 0 bridgehead atoms. The summed E-state index contributed by atoms with van der Waals surface area (Å²) in [4.78, 5) is 24.1. The van der Waals surface area contributed by atoms with E-state index in [-0.39, 0.29) is 18.6 Å². The molecule has 2 N–H and O–H groups in total. The van der Waals surface area contributed by atoms with Gasteiger partial charge in [-0.3, -0.25) is 4.79 Å². The Kier molecular flexibility index (Phi) is 4.83. The highest BCUT2D eigenvalue weighted by Gasteiger charge is 2.32. The predicted molar refractivity (Wildman–Crippen MR) is 63.4 cm³/mol. The van der Waals surface area contributed by atoms with Crippen LogP contribution in [0.3, 0.4) is 0 Å². The van der Waals surface area contributed by atoms with Gasteiger partial charge in [0.1, 0.15) is 0 Å². The molecule has 0 aromatic carbocycles. The van der Waals surface area contributed by atoms with Gasteiger partial charge in [-0.25, -0.2) is 4.79 Å². The van der Waals surface area contributed by atoms with E-state index in [1.165, 1.54) is 4.90 Å². The summed E-state index contributed by atoms with van der Waals surface area (Å²) >= 11 is 0. The summed E-state index contributed by atoms with van der Waals surface area (Å²) < 4.78 is 0. The van der Waals surface area contributed by atoms with Gasteiger partial charge in [0.05, 0.1) is 12.5 Å². The molecule has 0 radical (unpaired) electrons. The first-order valence-electron chi connectivity index (χ1n) is 5.74. The number of carbonyl (C=O) groups excluding carboxylic acids is 1. The van der Waals surface area contributed by atoms with Crippen molar-refractivity contribution in [3.63, 3.8) is 0 Å². The summed E-state index contributed by atoms with van der Waals surface area (Å²) in [6.45, 7) is 0.219. The molecule has 2 atom stereocenters. The lowest BCUT2D eigenvalue weighted by Gasteiger charge is -2.30. The Hall–Kier alpha value is -1.70. The van der Waals surface area contributed by atoms with Crippen molar-refractivity contribution in [2.24, 2.45) is 5.92 Å². The standard InChI is InChI=1S/C12H18N2O3/c1-3-8-14(2)12(17)13-10-7-5-4-6-9(10)11(15)16/h1,9-10H,4-8H2,2H3,(H,13,17)(H,15,16). The second-order valence-corrected chi connectivity index (χ2v) is 4.35. The Bertz CT molecular complexity index is 335. The molecule has 1 rings (SSSR count). The zero-order valence-corrected chi connectivity index (χ0v) is 9.98. The van der Waals surface area contributed by atoms with Crippen molar-refractivity contribution in [3.8, 4) is 12.3 Å². The van der Waals surface area contributed by atoms with Crippen LogP contribution in [0.1, 0.15) is 25.7 Å². The van der Waals surface area contributed by atoms with Crippen LogP contribution >= 0.6 is 0 Å². The molecule has 1 saturated carbocycles. The number of nitrogens with one attached hydrogen (secondary N) is 1. The third kappa shape index (κ3) is 3.66. The molecule has 0 heterocycles. The van der Waals surface area contributed by atoms with Crippen LogP contribution in [-0.4, -0.2) is 41.6 Å². The number of hydrogen-bond donors (Lipinski definition) is 2. The molecule has 5 nitrogen and oxygen atoms in total. The average Bonchev–Trinajstić information content (AvgIpc) is 2.29. The first-order valence-corrected chi connectivity index (χ1v) is 5.74. The van der Waals surface area contributed by atoms with E-state index in [0.717, 1.165) is 12.8 Å². The molecule has 94 valence electrons. The molecule has 1 fully saturated rings. The van der Waals surface area contributed by atoms with E-state index in [1.54, 1.807) is 7.05 Å². The first kappa shape index (κ1) is 13.4. The van der Waals surface area contributed by atoms with Crippen molar-refractivity contribution in [3.05, 3.63) is 0 Å². The monoisotopic (exact) mass is 238 g/mol. The van der Waals surface area contributed by atoms with Crippen LogP contribution < -0.4 is 5.32 Å². The number of rotatable bonds is 3. The third-order valence-corrected chi connectivity index (χ3v) is 3.07. The van der Waals surface area contributed by atoms with E-state index in [4.69, 9.17) is 11.5 Å². The fourth-order valence-corrected chi connectivity index (χ4v) is 2.08. The van der Waals surface area contributed by atoms with Crippen LogP contribution in [0.5, 0.6) is 0 Å². The maximum Gasteiger partial charge on any atom is 0.318 e. The van der Waals surface area contributed by atoms with Gasteiger partial charge in [-0.15, -0.1) is 6.42 Å². The number of nitrogens with zero attached hydrogens (tertiary/aromatic N) is 1. The van der Waals surface area contributed by atoms with Crippen molar-refractivity contribution < 1.29 is 14.7 Å². The Labute approximate surface area is 101 Å². The zero-order chi connectivity index (χ0) is 12.8. The van der Waals surface area contributed by atoms with E-state index < -0.39 is 11.9 Å². The fourth-order valence-electron chi connectivity index (χ4n) is 2.08. The Morgan fingerprint density at radius 1 is 1.47 bits per heavy atom. The highest BCUT2D eigenvalue weighted by atomic mass is 16.4. The minimum atomic E-state index is -0.838. The number of carboxylic acid groups (broad SMARTS) is 1. The van der Waals surface area contributed by atoms with Crippen molar-refractivity contribution in [2.45, 2.75) is 31.7 Å². The fraction of sp³-hybridized carbons (Fsp3) is 0.667. The van der Waals surface area contributed by atoms with Crippen LogP contribution in [0.15, 0.2) is 0 Å². The average molecular weight is 238 g/mol. The Balaban J connectivity index is 2.56. The summed E-state index contributed by atoms with van der Waals surface area (Å²) in [7, 11) is 1.59. The van der Waals surface area contributed by atoms with Gasteiger partial charge in [0, 0.05) is 13.1 Å². The van der Waals surface area contributed by atoms with E-state index in [9.17, 15) is 9.59 Å². The largest absolute Gasteiger partial charge is 0.481 e. The number of hydrogen-bond acceptors (Lipinski definition) is 2. The lowest BCUT2D eigenvalue weighted by atomic mass is 9.84. The Morgan fingerprint density at radius 3 is 2.71 bits per heavy atom. The lowest BCUT2D eigenvalue weighted by molar-refractivity contribution is -0.143. The number of carboxylic acids is 1. The minimum absolute atomic E-state index is 0.219. The smallest absolute Gasteiger partial charge is 0.318 e. The highest BCUT2D eigenvalue weighted by Crippen LogP contribution is 2.24. The minimum Gasteiger partial charge on any atom is -0.481 e.